The van der Waals surface area contributed by atoms with Crippen molar-refractivity contribution < 1.29 is 4.79 Å². The van der Waals surface area contributed by atoms with Crippen LogP contribution in [0, 0.1) is 11.3 Å². The zero-order valence-electron chi connectivity index (χ0n) is 7.15. The Morgan fingerprint density at radius 1 is 1.50 bits per heavy atom. The lowest BCUT2D eigenvalue weighted by atomic mass is 10.1. The average Bonchev–Trinajstić information content (AvgIpc) is 2.60. The van der Waals surface area contributed by atoms with E-state index in [0.29, 0.717) is 22.2 Å². The first-order chi connectivity index (χ1) is 6.77. The third kappa shape index (κ3) is 1.07. The van der Waals surface area contributed by atoms with Crippen molar-refractivity contribution in [1.29, 1.82) is 5.26 Å². The minimum absolute atomic E-state index is 0.540. The molecule has 0 amide bonds. The molecule has 0 aliphatic rings. The zero-order valence-corrected chi connectivity index (χ0v) is 7.97. The monoisotopic (exact) mass is 202 g/mol. The lowest BCUT2D eigenvalue weighted by molar-refractivity contribution is 0.112. The maximum Gasteiger partial charge on any atom is 0.150 e. The predicted octanol–water partition coefficient (Wildman–Crippen LogP) is 2.17. The molecular formula is C10H6N2OS. The van der Waals surface area contributed by atoms with E-state index in [1.54, 1.807) is 17.5 Å². The van der Waals surface area contributed by atoms with Crippen LogP contribution in [-0.4, -0.2) is 6.29 Å². The lowest BCUT2D eigenvalue weighted by Crippen LogP contribution is -1.88. The number of hydrogen-bond donors (Lipinski definition) is 1. The number of nitrogen functional groups attached to an aromatic ring is 1. The molecule has 4 heteroatoms. The molecule has 0 aliphatic heterocycles. The normalized spacial score (nSPS) is 9.93. The SMILES string of the molecule is N#Cc1ccc(C=O)c2c(N)csc12. The zero-order chi connectivity index (χ0) is 10.1. The summed E-state index contributed by atoms with van der Waals surface area (Å²) < 4.78 is 0.787. The Hall–Kier alpha value is -1.86. The highest BCUT2D eigenvalue weighted by Gasteiger charge is 2.09. The first-order valence-electron chi connectivity index (χ1n) is 3.93. The largest absolute Gasteiger partial charge is 0.398 e. The molecule has 0 bridgehead atoms. The Bertz CT molecular complexity index is 551. The third-order valence-corrected chi connectivity index (χ3v) is 3.06. The number of anilines is 1. The predicted molar refractivity (Wildman–Crippen MR) is 56.3 cm³/mol. The van der Waals surface area contributed by atoms with E-state index in [4.69, 9.17) is 11.0 Å². The Balaban J connectivity index is 2.96. The third-order valence-electron chi connectivity index (χ3n) is 2.03. The van der Waals surface area contributed by atoms with Gasteiger partial charge in [-0.3, -0.25) is 4.79 Å². The number of hydrogen-bond acceptors (Lipinski definition) is 4. The molecule has 2 aromatic rings. The van der Waals surface area contributed by atoms with E-state index in [9.17, 15) is 4.79 Å². The van der Waals surface area contributed by atoms with Crippen LogP contribution in [-0.2, 0) is 0 Å². The van der Waals surface area contributed by atoms with Crippen LogP contribution in [0.15, 0.2) is 17.5 Å². The van der Waals surface area contributed by atoms with Gasteiger partial charge in [-0.25, -0.2) is 0 Å². The Labute approximate surface area is 84.4 Å². The number of thiophene rings is 1. The van der Waals surface area contributed by atoms with Crippen LogP contribution in [0.25, 0.3) is 10.1 Å². The van der Waals surface area contributed by atoms with Gasteiger partial charge in [-0.05, 0) is 12.1 Å². The first-order valence-corrected chi connectivity index (χ1v) is 4.81. The summed E-state index contributed by atoms with van der Waals surface area (Å²) in [7, 11) is 0. The summed E-state index contributed by atoms with van der Waals surface area (Å²) in [4.78, 5) is 10.7. The topological polar surface area (TPSA) is 66.9 Å². The van der Waals surface area contributed by atoms with Gasteiger partial charge >= 0.3 is 0 Å². The second-order valence-electron chi connectivity index (χ2n) is 2.83. The van der Waals surface area contributed by atoms with Crippen LogP contribution >= 0.6 is 11.3 Å². The van der Waals surface area contributed by atoms with Gasteiger partial charge in [0.25, 0.3) is 0 Å². The highest BCUT2D eigenvalue weighted by Crippen LogP contribution is 2.32. The molecule has 0 radical (unpaired) electrons. The van der Waals surface area contributed by atoms with E-state index in [1.807, 2.05) is 0 Å². The number of nitriles is 1. The molecule has 0 unspecified atom stereocenters. The molecule has 0 saturated heterocycles. The molecule has 1 heterocycles. The van der Waals surface area contributed by atoms with Crippen molar-refractivity contribution in [2.24, 2.45) is 0 Å². The lowest BCUT2D eigenvalue weighted by Gasteiger charge is -1.97. The van der Waals surface area contributed by atoms with E-state index in [-0.39, 0.29) is 0 Å². The van der Waals surface area contributed by atoms with Crippen LogP contribution in [0.5, 0.6) is 0 Å². The van der Waals surface area contributed by atoms with Crippen molar-refractivity contribution in [3.8, 4) is 6.07 Å². The van der Waals surface area contributed by atoms with Crippen molar-refractivity contribution in [1.82, 2.24) is 0 Å². The number of benzene rings is 1. The molecule has 2 N–H and O–H groups in total. The van der Waals surface area contributed by atoms with Crippen LogP contribution in [0.3, 0.4) is 0 Å². The van der Waals surface area contributed by atoms with E-state index in [1.165, 1.54) is 11.3 Å². The summed E-state index contributed by atoms with van der Waals surface area (Å²) in [6, 6.07) is 5.34. The first kappa shape index (κ1) is 8.73. The highest BCUT2D eigenvalue weighted by atomic mass is 32.1. The van der Waals surface area contributed by atoms with Gasteiger partial charge in [-0.1, -0.05) is 0 Å². The quantitative estimate of drug-likeness (QED) is 0.720. The van der Waals surface area contributed by atoms with Gasteiger partial charge in [-0.2, -0.15) is 5.26 Å². The number of carbonyl (C=O) groups is 1. The molecule has 14 heavy (non-hydrogen) atoms. The molecule has 0 saturated carbocycles. The minimum atomic E-state index is 0.540. The highest BCUT2D eigenvalue weighted by molar-refractivity contribution is 7.18. The fraction of sp³-hybridized carbons (Fsp3) is 0. The molecule has 3 nitrogen and oxygen atoms in total. The van der Waals surface area contributed by atoms with Crippen molar-refractivity contribution in [2.75, 3.05) is 5.73 Å². The summed E-state index contributed by atoms with van der Waals surface area (Å²) in [5, 5.41) is 11.3. The molecule has 1 aromatic heterocycles. The van der Waals surface area contributed by atoms with Crippen molar-refractivity contribution in [3.05, 3.63) is 28.6 Å². The summed E-state index contributed by atoms with van der Waals surface area (Å²) in [5.41, 5.74) is 7.38. The second-order valence-corrected chi connectivity index (χ2v) is 3.71. The van der Waals surface area contributed by atoms with Crippen molar-refractivity contribution >= 4 is 33.4 Å². The van der Waals surface area contributed by atoms with Gasteiger partial charge in [0, 0.05) is 16.3 Å². The van der Waals surface area contributed by atoms with Gasteiger partial charge in [-0.15, -0.1) is 11.3 Å². The fourth-order valence-corrected chi connectivity index (χ4v) is 2.34. The van der Waals surface area contributed by atoms with Crippen LogP contribution in [0.2, 0.25) is 0 Å². The molecule has 0 spiro atoms. The smallest absolute Gasteiger partial charge is 0.150 e. The number of aldehydes is 1. The van der Waals surface area contributed by atoms with Crippen LogP contribution < -0.4 is 5.73 Å². The van der Waals surface area contributed by atoms with E-state index >= 15 is 0 Å². The summed E-state index contributed by atoms with van der Waals surface area (Å²) >= 11 is 1.39. The Kier molecular flexibility index (Phi) is 1.95. The summed E-state index contributed by atoms with van der Waals surface area (Å²) in [6.07, 6.45) is 0.757. The van der Waals surface area contributed by atoms with Gasteiger partial charge in [0.1, 0.15) is 6.07 Å². The van der Waals surface area contributed by atoms with Gasteiger partial charge in [0.2, 0.25) is 0 Å². The molecule has 1 aromatic carbocycles. The van der Waals surface area contributed by atoms with E-state index < -0.39 is 0 Å². The fourth-order valence-electron chi connectivity index (χ4n) is 1.39. The molecule has 2 rings (SSSR count). The number of rotatable bonds is 1. The maximum atomic E-state index is 10.7. The number of nitrogens with zero attached hydrogens (tertiary/aromatic N) is 1. The Morgan fingerprint density at radius 3 is 2.93 bits per heavy atom. The van der Waals surface area contributed by atoms with Crippen molar-refractivity contribution in [2.45, 2.75) is 0 Å². The molecule has 0 fully saturated rings. The standard InChI is InChI=1S/C10H6N2OS/c11-3-6-1-2-7(4-13)9-8(12)5-14-10(6)9/h1-2,4-5H,12H2. The molecular weight excluding hydrogens is 196 g/mol. The van der Waals surface area contributed by atoms with Gasteiger partial charge in [0.05, 0.1) is 16.0 Å². The number of nitrogens with two attached hydrogens (primary N) is 1. The average molecular weight is 202 g/mol. The van der Waals surface area contributed by atoms with Gasteiger partial charge in [0.15, 0.2) is 6.29 Å². The number of fused-ring (bicyclic) bond motifs is 1. The summed E-state index contributed by atoms with van der Waals surface area (Å²) in [5.74, 6) is 0. The molecule has 0 atom stereocenters. The van der Waals surface area contributed by atoms with E-state index in [2.05, 4.69) is 6.07 Å². The van der Waals surface area contributed by atoms with E-state index in [0.717, 1.165) is 11.0 Å². The molecule has 68 valence electrons. The van der Waals surface area contributed by atoms with Gasteiger partial charge < -0.3 is 5.73 Å². The van der Waals surface area contributed by atoms with Crippen LogP contribution in [0.1, 0.15) is 15.9 Å². The number of carbonyl (C=O) groups excluding carboxylic acids is 1. The maximum absolute atomic E-state index is 10.7. The summed E-state index contributed by atoms with van der Waals surface area (Å²) in [6.45, 7) is 0. The second kappa shape index (κ2) is 3.13. The minimum Gasteiger partial charge on any atom is -0.398 e. The molecule has 0 aliphatic carbocycles. The Morgan fingerprint density at radius 2 is 2.29 bits per heavy atom. The van der Waals surface area contributed by atoms with Crippen molar-refractivity contribution in [3.63, 3.8) is 0 Å². The van der Waals surface area contributed by atoms with Crippen LogP contribution in [0.4, 0.5) is 5.69 Å².